The highest BCUT2D eigenvalue weighted by atomic mass is 35.5. The molecule has 0 aliphatic carbocycles. The molecule has 0 aliphatic rings. The number of hydrogen-bond acceptors (Lipinski definition) is 6. The molecule has 6 nitrogen and oxygen atoms in total. The Labute approximate surface area is 242 Å². The van der Waals surface area contributed by atoms with E-state index < -0.39 is 5.97 Å². The number of fused-ring (bicyclic) bond motifs is 1. The highest BCUT2D eigenvalue weighted by molar-refractivity contribution is 6.39. The van der Waals surface area contributed by atoms with E-state index in [1.807, 2.05) is 57.2 Å². The van der Waals surface area contributed by atoms with Crippen molar-refractivity contribution >= 4 is 40.1 Å². The molecule has 2 aromatic heterocycles. The minimum Gasteiger partial charge on any atom is -0.489 e. The van der Waals surface area contributed by atoms with Gasteiger partial charge in [0.2, 0.25) is 0 Å². The van der Waals surface area contributed by atoms with Crippen LogP contribution in [-0.2, 0) is 11.3 Å². The second kappa shape index (κ2) is 11.7. The lowest BCUT2D eigenvalue weighted by atomic mass is 9.98. The molecule has 0 spiro atoms. The van der Waals surface area contributed by atoms with Crippen LogP contribution in [0.25, 0.3) is 33.3 Å². The Morgan fingerprint density at radius 1 is 1.00 bits per heavy atom. The van der Waals surface area contributed by atoms with Crippen molar-refractivity contribution in [3.63, 3.8) is 0 Å². The summed E-state index contributed by atoms with van der Waals surface area (Å²) in [5.74, 6) is 1.12. The molecule has 0 aliphatic heterocycles. The summed E-state index contributed by atoms with van der Waals surface area (Å²) < 4.78 is 17.0. The van der Waals surface area contributed by atoms with Gasteiger partial charge in [-0.3, -0.25) is 0 Å². The minimum absolute atomic E-state index is 0.0981. The van der Waals surface area contributed by atoms with E-state index in [0.29, 0.717) is 33.6 Å². The summed E-state index contributed by atoms with van der Waals surface area (Å²) in [6, 6.07) is 20.9. The molecule has 3 aromatic carbocycles. The number of aromatic nitrogens is 2. The minimum atomic E-state index is -0.422. The van der Waals surface area contributed by atoms with E-state index in [4.69, 9.17) is 37.2 Å². The van der Waals surface area contributed by atoms with E-state index >= 15 is 0 Å². The first-order chi connectivity index (χ1) is 19.3. The van der Waals surface area contributed by atoms with Gasteiger partial charge in [0, 0.05) is 16.9 Å². The molecule has 8 heteroatoms. The Hall–Kier alpha value is -3.87. The topological polar surface area (TPSA) is 74.5 Å². The van der Waals surface area contributed by atoms with Crippen LogP contribution in [0.15, 0.2) is 71.3 Å². The Balaban J connectivity index is 1.40. The van der Waals surface area contributed by atoms with E-state index in [0.717, 1.165) is 44.7 Å². The molecule has 0 bridgehead atoms. The number of halogens is 2. The largest absolute Gasteiger partial charge is 0.489 e. The lowest BCUT2D eigenvalue weighted by molar-refractivity contribution is 0.0520. The number of esters is 1. The van der Waals surface area contributed by atoms with Crippen LogP contribution in [0.3, 0.4) is 0 Å². The number of rotatable bonds is 8. The summed E-state index contributed by atoms with van der Waals surface area (Å²) in [5, 5.41) is 6.24. The molecule has 5 aromatic rings. The lowest BCUT2D eigenvalue weighted by Crippen LogP contribution is -2.06. The zero-order chi connectivity index (χ0) is 28.4. The highest BCUT2D eigenvalue weighted by Crippen LogP contribution is 2.39. The van der Waals surface area contributed by atoms with Gasteiger partial charge in [0.1, 0.15) is 29.5 Å². The van der Waals surface area contributed by atoms with Gasteiger partial charge in [-0.15, -0.1) is 0 Å². The quantitative estimate of drug-likeness (QED) is 0.172. The molecule has 0 atom stereocenters. The smallest absolute Gasteiger partial charge is 0.356 e. The molecule has 0 N–H and O–H groups in total. The van der Waals surface area contributed by atoms with E-state index in [1.54, 1.807) is 31.2 Å². The molecule has 0 amide bonds. The molecular formula is C32H28Cl2N2O4. The molecule has 204 valence electrons. The molecule has 0 radical (unpaired) electrons. The van der Waals surface area contributed by atoms with Crippen LogP contribution in [0, 0.1) is 6.92 Å². The van der Waals surface area contributed by atoms with Crippen molar-refractivity contribution in [2.75, 3.05) is 6.61 Å². The van der Waals surface area contributed by atoms with Crippen molar-refractivity contribution in [3.05, 3.63) is 99.4 Å². The van der Waals surface area contributed by atoms with Crippen LogP contribution in [0.4, 0.5) is 0 Å². The number of pyridine rings is 1. The van der Waals surface area contributed by atoms with Gasteiger partial charge in [-0.2, -0.15) is 0 Å². The summed E-state index contributed by atoms with van der Waals surface area (Å²) in [4.78, 5) is 16.5. The number of ether oxygens (including phenoxy) is 2. The zero-order valence-corrected chi connectivity index (χ0v) is 24.1. The van der Waals surface area contributed by atoms with Crippen molar-refractivity contribution in [2.45, 2.75) is 40.2 Å². The maximum absolute atomic E-state index is 12.0. The monoisotopic (exact) mass is 574 g/mol. The Bertz CT molecular complexity index is 1690. The molecule has 0 saturated heterocycles. The van der Waals surface area contributed by atoms with Crippen LogP contribution in [0.5, 0.6) is 5.75 Å². The predicted molar refractivity (Wildman–Crippen MR) is 158 cm³/mol. The first kappa shape index (κ1) is 27.7. The maximum Gasteiger partial charge on any atom is 0.356 e. The van der Waals surface area contributed by atoms with E-state index in [2.05, 4.69) is 16.2 Å². The SMILES string of the molecule is CCOC(=O)c1ccc2cc(-c3ccc(OCc4c(-c5c(Cl)cccc5Cl)noc4C(C)C)cc3C)ccc2n1. The van der Waals surface area contributed by atoms with Gasteiger partial charge in [0.05, 0.1) is 27.7 Å². The maximum atomic E-state index is 12.0. The average molecular weight is 575 g/mol. The highest BCUT2D eigenvalue weighted by Gasteiger charge is 2.24. The van der Waals surface area contributed by atoms with Crippen molar-refractivity contribution in [3.8, 4) is 28.1 Å². The summed E-state index contributed by atoms with van der Waals surface area (Å²) >= 11 is 13.0. The van der Waals surface area contributed by atoms with Crippen LogP contribution in [-0.4, -0.2) is 22.7 Å². The fourth-order valence-corrected chi connectivity index (χ4v) is 5.23. The first-order valence-electron chi connectivity index (χ1n) is 13.0. The number of carbonyl (C=O) groups is 1. The first-order valence-corrected chi connectivity index (χ1v) is 13.8. The lowest BCUT2D eigenvalue weighted by Gasteiger charge is -2.13. The summed E-state index contributed by atoms with van der Waals surface area (Å²) in [6.07, 6.45) is 0. The van der Waals surface area contributed by atoms with Gasteiger partial charge in [0.25, 0.3) is 0 Å². The van der Waals surface area contributed by atoms with Crippen LogP contribution >= 0.6 is 23.2 Å². The fraction of sp³-hybridized carbons (Fsp3) is 0.219. The second-order valence-corrected chi connectivity index (χ2v) is 10.5. The van der Waals surface area contributed by atoms with Gasteiger partial charge in [-0.05, 0) is 73.0 Å². The predicted octanol–water partition coefficient (Wildman–Crippen LogP) is 9.05. The molecule has 5 rings (SSSR count). The Kier molecular flexibility index (Phi) is 8.10. The molecular weight excluding hydrogens is 547 g/mol. The third kappa shape index (κ3) is 5.55. The Morgan fingerprint density at radius 2 is 1.77 bits per heavy atom. The molecule has 40 heavy (non-hydrogen) atoms. The van der Waals surface area contributed by atoms with Crippen LogP contribution in [0.1, 0.15) is 54.1 Å². The van der Waals surface area contributed by atoms with E-state index in [-0.39, 0.29) is 12.5 Å². The van der Waals surface area contributed by atoms with Gasteiger partial charge in [0.15, 0.2) is 0 Å². The number of benzene rings is 3. The summed E-state index contributed by atoms with van der Waals surface area (Å²) in [5.41, 5.74) is 6.23. The van der Waals surface area contributed by atoms with Gasteiger partial charge < -0.3 is 14.0 Å². The number of carbonyl (C=O) groups excluding carboxylic acids is 1. The standard InChI is InChI=1S/C32H28Cl2N2O4/c1-5-38-32(37)28-14-10-21-16-20(9-13-27(21)35-28)23-12-11-22(15-19(23)4)39-17-24-30(36-40-31(24)18(2)3)29-25(33)7-6-8-26(29)34/h6-16,18H,5,17H2,1-4H3. The number of aryl methyl sites for hydroxylation is 1. The Morgan fingerprint density at radius 3 is 2.48 bits per heavy atom. The number of hydrogen-bond donors (Lipinski definition) is 0. The van der Waals surface area contributed by atoms with Gasteiger partial charge >= 0.3 is 5.97 Å². The third-order valence-electron chi connectivity index (χ3n) is 6.61. The normalized spacial score (nSPS) is 11.3. The van der Waals surface area contributed by atoms with Crippen molar-refractivity contribution in [2.24, 2.45) is 0 Å². The van der Waals surface area contributed by atoms with Crippen LogP contribution < -0.4 is 4.74 Å². The molecule has 0 saturated carbocycles. The number of nitrogens with zero attached hydrogens (tertiary/aromatic N) is 2. The second-order valence-electron chi connectivity index (χ2n) is 9.72. The van der Waals surface area contributed by atoms with E-state index in [9.17, 15) is 4.79 Å². The van der Waals surface area contributed by atoms with Gasteiger partial charge in [-0.25, -0.2) is 9.78 Å². The molecule has 0 unspecified atom stereocenters. The van der Waals surface area contributed by atoms with Crippen molar-refractivity contribution < 1.29 is 18.8 Å². The van der Waals surface area contributed by atoms with Crippen molar-refractivity contribution in [1.29, 1.82) is 0 Å². The van der Waals surface area contributed by atoms with Crippen LogP contribution in [0.2, 0.25) is 10.0 Å². The summed E-state index contributed by atoms with van der Waals surface area (Å²) in [6.45, 7) is 8.45. The third-order valence-corrected chi connectivity index (χ3v) is 7.24. The average Bonchev–Trinajstić information content (AvgIpc) is 3.35. The van der Waals surface area contributed by atoms with Gasteiger partial charge in [-0.1, -0.05) is 66.5 Å². The zero-order valence-electron chi connectivity index (χ0n) is 22.6. The summed E-state index contributed by atoms with van der Waals surface area (Å²) in [7, 11) is 0. The van der Waals surface area contributed by atoms with E-state index in [1.165, 1.54) is 0 Å². The fourth-order valence-electron chi connectivity index (χ4n) is 4.65. The molecule has 2 heterocycles. The molecule has 0 fully saturated rings. The van der Waals surface area contributed by atoms with Crippen molar-refractivity contribution in [1.82, 2.24) is 10.1 Å².